The summed E-state index contributed by atoms with van der Waals surface area (Å²) in [5, 5.41) is 32.5. The van der Waals surface area contributed by atoms with E-state index in [1.165, 1.54) is 24.8 Å². The second-order valence-corrected chi connectivity index (χ2v) is 30.5. The molecular formula is C76H125N15O16. The Morgan fingerprint density at radius 2 is 1.14 bits per heavy atom. The maximum atomic E-state index is 15.1. The zero-order chi connectivity index (χ0) is 80.9. The van der Waals surface area contributed by atoms with Gasteiger partial charge < -0.3 is 84.9 Å². The number of likely N-dealkylation sites (tertiary alicyclic amines) is 1. The number of nitrogens with zero attached hydrogens (tertiary/aromatic N) is 1. The minimum Gasteiger partial charge on any atom is -0.458 e. The van der Waals surface area contributed by atoms with Crippen molar-refractivity contribution in [2.75, 3.05) is 13.1 Å². The molecule has 2 fully saturated rings. The SMILES string of the molecule is C/C=C1\NC(=O)[C@H](Cc2ccccc2)NC(=O)[C@@H](C(C)C)NC(=O)[C@@H]([C@H](C)CC)NC(=O)[C@H](NC(=O)[C@H](NC(=O)[C@H](CCCN)NC(=O)[C@H]2CCCN2C(=O)[C@H](NC(=O)[C@@H](NC(=O)[C@H](CCC(N)=O)NC(=O)[C@H](NC(=O)CCCC(C)C)C(C)C)C(C)C)C(C)C)[C@H](C)CC)[C@H](C)OC(=O)[C@H](C(C)C)NC1=O. The molecule has 0 radical (unpaired) electrons. The molecule has 2 aliphatic rings. The average molecular weight is 1500 g/mol. The van der Waals surface area contributed by atoms with Gasteiger partial charge in [-0.05, 0) is 112 Å². The van der Waals surface area contributed by atoms with Gasteiger partial charge in [0.2, 0.25) is 76.8 Å². The molecule has 0 aromatic heterocycles. The lowest BCUT2D eigenvalue weighted by Gasteiger charge is -2.33. The number of esters is 1. The number of nitrogens with one attached hydrogen (secondary N) is 12. The number of hydrogen-bond acceptors (Lipinski definition) is 17. The van der Waals surface area contributed by atoms with Crippen LogP contribution in [0.5, 0.6) is 0 Å². The van der Waals surface area contributed by atoms with E-state index in [-0.39, 0.29) is 76.1 Å². The molecule has 16 N–H and O–H groups in total. The Morgan fingerprint density at radius 3 is 1.68 bits per heavy atom. The molecule has 1 aromatic rings. The number of nitrogens with two attached hydrogens (primary N) is 2. The monoisotopic (exact) mass is 1500 g/mol. The van der Waals surface area contributed by atoms with Crippen LogP contribution in [0.25, 0.3) is 0 Å². The van der Waals surface area contributed by atoms with E-state index in [2.05, 4.69) is 63.8 Å². The van der Waals surface area contributed by atoms with Crippen LogP contribution in [0, 0.1) is 47.3 Å². The fourth-order valence-electron chi connectivity index (χ4n) is 12.3. The first kappa shape index (κ1) is 92.2. The average Bonchev–Trinajstić information content (AvgIpc) is 1.80. The van der Waals surface area contributed by atoms with Gasteiger partial charge >= 0.3 is 5.97 Å². The molecule has 15 atom stereocenters. The Morgan fingerprint density at radius 1 is 0.589 bits per heavy atom. The number of allylic oxidation sites excluding steroid dienone is 1. The highest BCUT2D eigenvalue weighted by Crippen LogP contribution is 2.23. The van der Waals surface area contributed by atoms with Crippen LogP contribution in [0.4, 0.5) is 0 Å². The molecule has 2 heterocycles. The highest BCUT2D eigenvalue weighted by atomic mass is 16.5. The smallest absolute Gasteiger partial charge is 0.329 e. The molecule has 107 heavy (non-hydrogen) atoms. The van der Waals surface area contributed by atoms with Gasteiger partial charge in [-0.15, -0.1) is 0 Å². The highest BCUT2D eigenvalue weighted by Gasteiger charge is 2.44. The van der Waals surface area contributed by atoms with Crippen LogP contribution in [0.15, 0.2) is 42.1 Å². The molecule has 31 nitrogen and oxygen atoms in total. The second kappa shape index (κ2) is 44.9. The van der Waals surface area contributed by atoms with Gasteiger partial charge in [-0.25, -0.2) is 4.79 Å². The Hall–Kier alpha value is -9.03. The van der Waals surface area contributed by atoms with Gasteiger partial charge in [-0.3, -0.25) is 67.1 Å². The lowest BCUT2D eigenvalue weighted by molar-refractivity contribution is -0.157. The van der Waals surface area contributed by atoms with Crippen molar-refractivity contribution < 1.29 is 76.7 Å². The van der Waals surface area contributed by atoms with E-state index in [1.807, 2.05) is 13.8 Å². The van der Waals surface area contributed by atoms with E-state index in [4.69, 9.17) is 16.2 Å². The van der Waals surface area contributed by atoms with E-state index >= 15 is 9.59 Å². The first-order valence-electron chi connectivity index (χ1n) is 38.1. The third-order valence-corrected chi connectivity index (χ3v) is 19.5. The number of carbonyl (C=O) groups is 15. The van der Waals surface area contributed by atoms with Gasteiger partial charge in [0.15, 0.2) is 0 Å². The standard InChI is InChI=1S/C76H125N15O16/c1-19-45(16)61(73(103)90-63-47(18)107-76(106)60(44(14)15)87-64(94)49(21-3)79-67(97)52(38-48-29-23-22-24-30-48)82-70(100)57(41(8)9)85-72(102)62(46(17)20-2)89-74(63)104)88-65(95)50(31-26-36-77)80-68(98)53-32-27-37-91(53)75(105)59(43(12)13)86-71(101)58(42(10)11)84-66(96)51(34-35-54(78)92)81-69(99)56(40(6)7)83-55(93)33-25-28-39(4)5/h21-24,29-30,39-47,50-53,56-63H,19-20,25-28,31-38,77H2,1-18H3,(H2,78,92)(H,79,97)(H,80,98)(H,81,99)(H,82,100)(H,83,93)(H,84,96)(H,85,102)(H,86,101)(H,87,94)(H,88,95)(H,89,104)(H,90,103)/b49-21-/t45-,46-,47+,50+,51+,52+,53-,56-,57-,58+,59-,60+,61-,62-,63-/m1/s1. The van der Waals surface area contributed by atoms with Crippen molar-refractivity contribution >= 4 is 88.7 Å². The molecule has 14 amide bonds. The first-order chi connectivity index (χ1) is 50.2. The van der Waals surface area contributed by atoms with Gasteiger partial charge in [0, 0.05) is 25.8 Å². The Labute approximate surface area is 631 Å². The number of rotatable bonds is 35. The molecule has 0 unspecified atom stereocenters. The molecule has 2 aliphatic heterocycles. The predicted molar refractivity (Wildman–Crippen MR) is 402 cm³/mol. The molecule has 0 aliphatic carbocycles. The van der Waals surface area contributed by atoms with Crippen molar-refractivity contribution in [3.05, 3.63) is 47.7 Å². The van der Waals surface area contributed by atoms with Crippen LogP contribution in [0.3, 0.4) is 0 Å². The summed E-state index contributed by atoms with van der Waals surface area (Å²) in [6.45, 7) is 30.4. The lowest BCUT2D eigenvalue weighted by Crippen LogP contribution is -2.64. The molecule has 1 aromatic carbocycles. The summed E-state index contributed by atoms with van der Waals surface area (Å²) in [5.41, 5.74) is 11.8. The number of ether oxygens (including phenoxy) is 1. The molecule has 2 saturated heterocycles. The fourth-order valence-corrected chi connectivity index (χ4v) is 12.3. The lowest BCUT2D eigenvalue weighted by atomic mass is 9.95. The maximum Gasteiger partial charge on any atom is 0.329 e. The van der Waals surface area contributed by atoms with E-state index in [0.29, 0.717) is 30.7 Å². The maximum absolute atomic E-state index is 15.1. The zero-order valence-electron chi connectivity index (χ0n) is 66.1. The zero-order valence-corrected chi connectivity index (χ0v) is 66.1. The summed E-state index contributed by atoms with van der Waals surface area (Å²) in [7, 11) is 0. The highest BCUT2D eigenvalue weighted by molar-refractivity contribution is 6.03. The number of hydrogen-bond donors (Lipinski definition) is 14. The molecule has 0 bridgehead atoms. The van der Waals surface area contributed by atoms with E-state index in [0.717, 1.165) is 6.42 Å². The van der Waals surface area contributed by atoms with Gasteiger partial charge in [0.25, 0.3) is 5.91 Å². The van der Waals surface area contributed by atoms with Crippen LogP contribution in [-0.2, 0) is 83.1 Å². The second-order valence-electron chi connectivity index (χ2n) is 30.5. The van der Waals surface area contributed by atoms with E-state index in [1.54, 1.807) is 127 Å². The van der Waals surface area contributed by atoms with Gasteiger partial charge in [0.1, 0.15) is 84.3 Å². The van der Waals surface area contributed by atoms with Crippen molar-refractivity contribution in [3.63, 3.8) is 0 Å². The number of primary amides is 1. The van der Waals surface area contributed by atoms with Crippen LogP contribution < -0.4 is 75.3 Å². The molecule has 600 valence electrons. The molecule has 0 saturated carbocycles. The van der Waals surface area contributed by atoms with Crippen molar-refractivity contribution in [3.8, 4) is 0 Å². The molecule has 3 rings (SSSR count). The largest absolute Gasteiger partial charge is 0.458 e. The Balaban J connectivity index is 2.01. The number of amides is 14. The Bertz CT molecular complexity index is 3250. The third kappa shape index (κ3) is 28.9. The number of carbonyl (C=O) groups excluding carboxylic acids is 15. The summed E-state index contributed by atoms with van der Waals surface area (Å²) in [5.74, 6) is -15.9. The summed E-state index contributed by atoms with van der Waals surface area (Å²) in [6, 6.07) is -7.55. The summed E-state index contributed by atoms with van der Waals surface area (Å²) in [4.78, 5) is 215. The quantitative estimate of drug-likeness (QED) is 0.0340. The van der Waals surface area contributed by atoms with Crippen molar-refractivity contribution in [1.29, 1.82) is 0 Å². The van der Waals surface area contributed by atoms with Crippen molar-refractivity contribution in [2.45, 2.75) is 280 Å². The van der Waals surface area contributed by atoms with E-state index in [9.17, 15) is 62.3 Å². The fraction of sp³-hybridized carbons (Fsp3) is 0.697. The van der Waals surface area contributed by atoms with Crippen LogP contribution in [0.1, 0.15) is 201 Å². The first-order valence-corrected chi connectivity index (χ1v) is 38.1. The molecule has 0 spiro atoms. The summed E-state index contributed by atoms with van der Waals surface area (Å²) >= 11 is 0. The van der Waals surface area contributed by atoms with Gasteiger partial charge in [-0.1, -0.05) is 166 Å². The minimum atomic E-state index is -1.83. The van der Waals surface area contributed by atoms with Crippen LogP contribution in [0.2, 0.25) is 0 Å². The van der Waals surface area contributed by atoms with E-state index < -0.39 is 203 Å². The number of benzene rings is 1. The third-order valence-electron chi connectivity index (χ3n) is 19.5. The Kier molecular flexibility index (Phi) is 38.7. The van der Waals surface area contributed by atoms with Gasteiger partial charge in [0.05, 0.1) is 0 Å². The normalized spacial score (nSPS) is 22.0. The van der Waals surface area contributed by atoms with Gasteiger partial charge in [-0.2, -0.15) is 0 Å². The minimum absolute atomic E-state index is 0.0380. The summed E-state index contributed by atoms with van der Waals surface area (Å²) in [6.07, 6.45) is 1.84. The van der Waals surface area contributed by atoms with Crippen molar-refractivity contribution in [1.82, 2.24) is 68.7 Å². The predicted octanol–water partition coefficient (Wildman–Crippen LogP) is 1.72. The number of cyclic esters (lactones) is 1. The topological polar surface area (TPSA) is 465 Å². The van der Waals surface area contributed by atoms with Crippen LogP contribution >= 0.6 is 0 Å². The van der Waals surface area contributed by atoms with Crippen molar-refractivity contribution in [2.24, 2.45) is 58.8 Å². The molecular weight excluding hydrogens is 1380 g/mol. The van der Waals surface area contributed by atoms with Crippen LogP contribution in [-0.4, -0.2) is 185 Å². The summed E-state index contributed by atoms with van der Waals surface area (Å²) < 4.78 is 5.96. The molecule has 31 heteroatoms.